The van der Waals surface area contributed by atoms with E-state index >= 15 is 0 Å². The highest BCUT2D eigenvalue weighted by molar-refractivity contribution is 4.74. The van der Waals surface area contributed by atoms with Gasteiger partial charge in [0.2, 0.25) is 0 Å². The van der Waals surface area contributed by atoms with E-state index in [1.165, 1.54) is 0 Å². The van der Waals surface area contributed by atoms with Crippen molar-refractivity contribution in [2.45, 2.75) is 45.7 Å². The Morgan fingerprint density at radius 1 is 0.933 bits per heavy atom. The summed E-state index contributed by atoms with van der Waals surface area (Å²) >= 11 is 0. The van der Waals surface area contributed by atoms with Gasteiger partial charge in [0, 0.05) is 39.5 Å². The number of hydrogen-bond acceptors (Lipinski definition) is 3. The summed E-state index contributed by atoms with van der Waals surface area (Å²) in [5, 5.41) is 3.63. The van der Waals surface area contributed by atoms with Crippen molar-refractivity contribution in [3.8, 4) is 0 Å². The number of rotatable bonds is 9. The minimum Gasteiger partial charge on any atom is -0.385 e. The topological polar surface area (TPSA) is 30.5 Å². The van der Waals surface area contributed by atoms with E-state index < -0.39 is 0 Å². The molecule has 0 aromatic heterocycles. The highest BCUT2D eigenvalue weighted by Crippen LogP contribution is 2.08. The van der Waals surface area contributed by atoms with Crippen molar-refractivity contribution in [2.24, 2.45) is 5.92 Å². The van der Waals surface area contributed by atoms with E-state index in [1.54, 1.807) is 14.2 Å². The van der Waals surface area contributed by atoms with Gasteiger partial charge in [-0.1, -0.05) is 13.8 Å². The van der Waals surface area contributed by atoms with E-state index in [4.69, 9.17) is 9.47 Å². The summed E-state index contributed by atoms with van der Waals surface area (Å²) in [6, 6.07) is 1.05. The first-order valence-electron chi connectivity index (χ1n) is 5.85. The second kappa shape index (κ2) is 9.13. The molecule has 0 aliphatic rings. The molecule has 0 aromatic rings. The molecule has 0 radical (unpaired) electrons. The summed E-state index contributed by atoms with van der Waals surface area (Å²) in [5.41, 5.74) is 0. The Morgan fingerprint density at radius 2 is 1.47 bits per heavy atom. The van der Waals surface area contributed by atoms with Crippen molar-refractivity contribution in [1.29, 1.82) is 0 Å². The summed E-state index contributed by atoms with van der Waals surface area (Å²) in [4.78, 5) is 0. The number of hydrogen-bond donors (Lipinski definition) is 1. The van der Waals surface area contributed by atoms with Crippen molar-refractivity contribution in [2.75, 3.05) is 27.4 Å². The summed E-state index contributed by atoms with van der Waals surface area (Å²) in [5.74, 6) is 0.644. The molecule has 0 fully saturated rings. The number of methoxy groups -OCH3 is 2. The summed E-state index contributed by atoms with van der Waals surface area (Å²) in [6.45, 7) is 8.35. The van der Waals surface area contributed by atoms with Crippen LogP contribution in [-0.2, 0) is 9.47 Å². The van der Waals surface area contributed by atoms with Crippen molar-refractivity contribution < 1.29 is 9.47 Å². The Labute approximate surface area is 94.5 Å². The van der Waals surface area contributed by atoms with Crippen LogP contribution in [0.1, 0.15) is 33.6 Å². The molecule has 0 aromatic carbocycles. The van der Waals surface area contributed by atoms with Gasteiger partial charge in [0.1, 0.15) is 0 Å². The van der Waals surface area contributed by atoms with Gasteiger partial charge in [-0.15, -0.1) is 0 Å². The van der Waals surface area contributed by atoms with Crippen LogP contribution in [0.3, 0.4) is 0 Å². The second-order valence-corrected chi connectivity index (χ2v) is 4.48. The molecule has 15 heavy (non-hydrogen) atoms. The standard InChI is InChI=1S/C12H27NO2/c1-10(2)12(7-9-15-5)13-11(3)6-8-14-4/h10-13H,6-9H2,1-5H3. The van der Waals surface area contributed by atoms with Crippen LogP contribution < -0.4 is 5.32 Å². The van der Waals surface area contributed by atoms with Gasteiger partial charge in [0.05, 0.1) is 0 Å². The van der Waals surface area contributed by atoms with Crippen LogP contribution >= 0.6 is 0 Å². The van der Waals surface area contributed by atoms with Gasteiger partial charge in [-0.05, 0) is 25.7 Å². The lowest BCUT2D eigenvalue weighted by molar-refractivity contribution is 0.159. The molecule has 0 aliphatic heterocycles. The Bertz CT molecular complexity index is 140. The Hall–Kier alpha value is -0.120. The molecular formula is C12H27NO2. The fourth-order valence-corrected chi connectivity index (χ4v) is 1.60. The molecule has 0 bridgehead atoms. The minimum atomic E-state index is 0.509. The molecule has 3 nitrogen and oxygen atoms in total. The maximum absolute atomic E-state index is 5.12. The number of ether oxygens (including phenoxy) is 2. The molecule has 3 heteroatoms. The van der Waals surface area contributed by atoms with Crippen molar-refractivity contribution in [1.82, 2.24) is 5.32 Å². The Balaban J connectivity index is 3.81. The highest BCUT2D eigenvalue weighted by Gasteiger charge is 2.15. The van der Waals surface area contributed by atoms with Crippen LogP contribution in [-0.4, -0.2) is 39.5 Å². The molecule has 0 saturated heterocycles. The first kappa shape index (κ1) is 14.9. The van der Waals surface area contributed by atoms with Gasteiger partial charge >= 0.3 is 0 Å². The average Bonchev–Trinajstić information content (AvgIpc) is 2.20. The van der Waals surface area contributed by atoms with Gasteiger partial charge in [-0.3, -0.25) is 0 Å². The fourth-order valence-electron chi connectivity index (χ4n) is 1.60. The summed E-state index contributed by atoms with van der Waals surface area (Å²) in [7, 11) is 3.50. The van der Waals surface area contributed by atoms with Crippen molar-refractivity contribution in [3.05, 3.63) is 0 Å². The monoisotopic (exact) mass is 217 g/mol. The predicted octanol–water partition coefficient (Wildman–Crippen LogP) is 2.06. The average molecular weight is 217 g/mol. The lowest BCUT2D eigenvalue weighted by Gasteiger charge is -2.26. The van der Waals surface area contributed by atoms with E-state index in [-0.39, 0.29) is 0 Å². The van der Waals surface area contributed by atoms with Crippen LogP contribution in [0.15, 0.2) is 0 Å². The summed E-state index contributed by atoms with van der Waals surface area (Å²) in [6.07, 6.45) is 2.14. The second-order valence-electron chi connectivity index (χ2n) is 4.48. The summed E-state index contributed by atoms with van der Waals surface area (Å²) < 4.78 is 10.2. The maximum Gasteiger partial charge on any atom is 0.0477 e. The molecule has 0 rings (SSSR count). The van der Waals surface area contributed by atoms with Crippen LogP contribution in [0.2, 0.25) is 0 Å². The molecule has 0 heterocycles. The van der Waals surface area contributed by atoms with E-state index in [2.05, 4.69) is 26.1 Å². The van der Waals surface area contributed by atoms with Crippen molar-refractivity contribution >= 4 is 0 Å². The molecule has 0 amide bonds. The molecule has 92 valence electrons. The quantitative estimate of drug-likeness (QED) is 0.641. The Morgan fingerprint density at radius 3 is 1.93 bits per heavy atom. The normalized spacial score (nSPS) is 15.6. The molecule has 2 unspecified atom stereocenters. The molecule has 0 saturated carbocycles. The van der Waals surface area contributed by atoms with Crippen molar-refractivity contribution in [3.63, 3.8) is 0 Å². The minimum absolute atomic E-state index is 0.509. The van der Waals surface area contributed by atoms with Crippen LogP contribution in [0.5, 0.6) is 0 Å². The predicted molar refractivity (Wildman–Crippen MR) is 64.2 cm³/mol. The lowest BCUT2D eigenvalue weighted by atomic mass is 10.00. The van der Waals surface area contributed by atoms with Crippen LogP contribution in [0, 0.1) is 5.92 Å². The van der Waals surface area contributed by atoms with Gasteiger partial charge in [-0.2, -0.15) is 0 Å². The molecular weight excluding hydrogens is 190 g/mol. The first-order valence-corrected chi connectivity index (χ1v) is 5.85. The lowest BCUT2D eigenvalue weighted by Crippen LogP contribution is -2.41. The SMILES string of the molecule is COCCC(C)NC(CCOC)C(C)C. The zero-order valence-electron chi connectivity index (χ0n) is 10.9. The van der Waals surface area contributed by atoms with E-state index in [1.807, 2.05) is 0 Å². The largest absolute Gasteiger partial charge is 0.385 e. The number of nitrogens with one attached hydrogen (secondary N) is 1. The molecule has 2 atom stereocenters. The zero-order valence-corrected chi connectivity index (χ0v) is 10.9. The fraction of sp³-hybridized carbons (Fsp3) is 1.00. The zero-order chi connectivity index (χ0) is 11.7. The Kier molecular flexibility index (Phi) is 9.06. The van der Waals surface area contributed by atoms with Gasteiger partial charge in [0.25, 0.3) is 0 Å². The van der Waals surface area contributed by atoms with E-state index in [9.17, 15) is 0 Å². The molecule has 0 aliphatic carbocycles. The van der Waals surface area contributed by atoms with Gasteiger partial charge in [0.15, 0.2) is 0 Å². The highest BCUT2D eigenvalue weighted by atomic mass is 16.5. The third-order valence-electron chi connectivity index (χ3n) is 2.69. The molecule has 1 N–H and O–H groups in total. The third-order valence-corrected chi connectivity index (χ3v) is 2.69. The van der Waals surface area contributed by atoms with Crippen LogP contribution in [0.25, 0.3) is 0 Å². The first-order chi connectivity index (χ1) is 7.11. The van der Waals surface area contributed by atoms with Gasteiger partial charge in [-0.25, -0.2) is 0 Å². The van der Waals surface area contributed by atoms with E-state index in [0.29, 0.717) is 18.0 Å². The smallest absolute Gasteiger partial charge is 0.0477 e. The van der Waals surface area contributed by atoms with E-state index in [0.717, 1.165) is 26.1 Å². The van der Waals surface area contributed by atoms with Crippen LogP contribution in [0.4, 0.5) is 0 Å². The third kappa shape index (κ3) is 7.77. The van der Waals surface area contributed by atoms with Gasteiger partial charge < -0.3 is 14.8 Å². The maximum atomic E-state index is 5.12. The molecule has 0 spiro atoms.